The molecule has 2 saturated carbocycles. The van der Waals surface area contributed by atoms with E-state index in [2.05, 4.69) is 0 Å². The number of hydrogen-bond acceptors (Lipinski definition) is 10. The zero-order valence-electron chi connectivity index (χ0n) is 25.0. The molecule has 2 aromatic rings. The summed E-state index contributed by atoms with van der Waals surface area (Å²) in [5.74, 6) is -3.43. The van der Waals surface area contributed by atoms with Crippen LogP contribution in [0, 0.1) is 17.3 Å². The maximum absolute atomic E-state index is 13.5. The van der Waals surface area contributed by atoms with Gasteiger partial charge in [0, 0.05) is 19.8 Å². The van der Waals surface area contributed by atoms with Gasteiger partial charge < -0.3 is 28.8 Å². The van der Waals surface area contributed by atoms with Gasteiger partial charge in [-0.05, 0) is 56.9 Å². The zero-order valence-corrected chi connectivity index (χ0v) is 25.0. The first-order chi connectivity index (χ1) is 20.3. The van der Waals surface area contributed by atoms with Gasteiger partial charge in [-0.3, -0.25) is 9.59 Å². The molecule has 3 fully saturated rings. The molecule has 230 valence electrons. The van der Waals surface area contributed by atoms with Crippen molar-refractivity contribution in [1.29, 1.82) is 0 Å². The van der Waals surface area contributed by atoms with Crippen molar-refractivity contribution >= 4 is 23.9 Å². The van der Waals surface area contributed by atoms with Crippen LogP contribution < -0.4 is 0 Å². The maximum Gasteiger partial charge on any atom is 0.338 e. The highest BCUT2D eigenvalue weighted by atomic mass is 16.6. The van der Waals surface area contributed by atoms with Gasteiger partial charge in [-0.25, -0.2) is 9.59 Å². The summed E-state index contributed by atoms with van der Waals surface area (Å²) in [4.78, 5) is 51.5. The lowest BCUT2D eigenvalue weighted by Gasteiger charge is -2.63. The molecule has 3 aliphatic rings. The zero-order chi connectivity index (χ0) is 31.2. The molecule has 10 heteroatoms. The van der Waals surface area contributed by atoms with E-state index in [0.717, 1.165) is 0 Å². The summed E-state index contributed by atoms with van der Waals surface area (Å²) < 4.78 is 30.6. The Balaban J connectivity index is 1.66. The third kappa shape index (κ3) is 5.10. The Labute approximate surface area is 250 Å². The van der Waals surface area contributed by atoms with Crippen LogP contribution in [-0.2, 0) is 33.3 Å². The largest absolute Gasteiger partial charge is 0.465 e. The topological polar surface area (TPSA) is 135 Å². The Morgan fingerprint density at radius 1 is 0.837 bits per heavy atom. The van der Waals surface area contributed by atoms with Crippen molar-refractivity contribution in [3.63, 3.8) is 0 Å². The lowest BCUT2D eigenvalue weighted by atomic mass is 9.48. The SMILES string of the molecule is CC(=O)OC[C@]12[C@@H](OC(=O)c3ccccc3)C[C@@H]3C(OC(C)=O)[C@]1(OC3(C)C)[C@H](C)C[C@H](OC(=O)c1ccccc1)[C@@H]2O. The molecule has 2 aliphatic carbocycles. The Hall–Kier alpha value is -3.76. The Morgan fingerprint density at radius 3 is 1.93 bits per heavy atom. The molecule has 8 atom stereocenters. The van der Waals surface area contributed by atoms with E-state index in [1.165, 1.54) is 13.8 Å². The van der Waals surface area contributed by atoms with E-state index in [1.54, 1.807) is 60.7 Å². The van der Waals surface area contributed by atoms with E-state index in [0.29, 0.717) is 11.1 Å². The van der Waals surface area contributed by atoms with Crippen molar-refractivity contribution in [2.24, 2.45) is 17.3 Å². The number of fused-ring (bicyclic) bond motifs is 1. The predicted octanol–water partition coefficient (Wildman–Crippen LogP) is 3.89. The first-order valence-electron chi connectivity index (χ1n) is 14.5. The minimum atomic E-state index is -1.69. The molecule has 5 rings (SSSR count). The van der Waals surface area contributed by atoms with Gasteiger partial charge in [0.1, 0.15) is 42.0 Å². The van der Waals surface area contributed by atoms with Crippen LogP contribution in [0.2, 0.25) is 0 Å². The molecule has 0 amide bonds. The molecule has 1 N–H and O–H groups in total. The van der Waals surface area contributed by atoms with Crippen molar-refractivity contribution in [2.45, 2.75) is 83.1 Å². The Morgan fingerprint density at radius 2 is 1.40 bits per heavy atom. The van der Waals surface area contributed by atoms with Gasteiger partial charge in [0.2, 0.25) is 0 Å². The average Bonchev–Trinajstić information content (AvgIpc) is 3.13. The van der Waals surface area contributed by atoms with Crippen molar-refractivity contribution in [3.8, 4) is 0 Å². The minimum absolute atomic E-state index is 0.121. The molecular weight excluding hydrogens is 556 g/mol. The number of esters is 4. The van der Waals surface area contributed by atoms with E-state index < -0.39 is 83.4 Å². The molecular formula is C33H38O10. The second kappa shape index (κ2) is 11.4. The van der Waals surface area contributed by atoms with Gasteiger partial charge >= 0.3 is 23.9 Å². The van der Waals surface area contributed by atoms with Gasteiger partial charge in [-0.2, -0.15) is 0 Å². The van der Waals surface area contributed by atoms with Gasteiger partial charge in [0.05, 0.1) is 16.7 Å². The molecule has 1 spiro atoms. The summed E-state index contributed by atoms with van der Waals surface area (Å²) >= 11 is 0. The van der Waals surface area contributed by atoms with Crippen LogP contribution in [-0.4, -0.2) is 71.2 Å². The fourth-order valence-corrected chi connectivity index (χ4v) is 7.62. The van der Waals surface area contributed by atoms with Gasteiger partial charge in [0.25, 0.3) is 0 Å². The normalized spacial score (nSPS) is 33.9. The number of carbonyl (C=O) groups is 4. The van der Waals surface area contributed by atoms with E-state index >= 15 is 0 Å². The number of benzene rings is 2. The van der Waals surface area contributed by atoms with Gasteiger partial charge in [-0.1, -0.05) is 43.3 Å². The summed E-state index contributed by atoms with van der Waals surface area (Å²) in [7, 11) is 0. The first kappa shape index (κ1) is 30.7. The Bertz CT molecular complexity index is 1370. The quantitative estimate of drug-likeness (QED) is 0.372. The maximum atomic E-state index is 13.5. The fourth-order valence-electron chi connectivity index (χ4n) is 7.62. The number of hydrogen-bond donors (Lipinski definition) is 1. The van der Waals surface area contributed by atoms with Crippen LogP contribution >= 0.6 is 0 Å². The second-order valence-corrected chi connectivity index (χ2v) is 12.3. The molecule has 1 aliphatic heterocycles. The summed E-state index contributed by atoms with van der Waals surface area (Å²) in [5.41, 5.74) is -3.47. The highest BCUT2D eigenvalue weighted by molar-refractivity contribution is 5.90. The molecule has 43 heavy (non-hydrogen) atoms. The number of ether oxygens (including phenoxy) is 5. The third-order valence-electron chi connectivity index (χ3n) is 9.41. The molecule has 1 heterocycles. The molecule has 2 bridgehead atoms. The summed E-state index contributed by atoms with van der Waals surface area (Å²) in [5, 5.41) is 12.4. The van der Waals surface area contributed by atoms with Crippen LogP contribution in [0.3, 0.4) is 0 Å². The van der Waals surface area contributed by atoms with E-state index in [9.17, 15) is 24.3 Å². The third-order valence-corrected chi connectivity index (χ3v) is 9.41. The highest BCUT2D eigenvalue weighted by Gasteiger charge is 2.81. The molecule has 1 unspecified atom stereocenters. The van der Waals surface area contributed by atoms with Crippen molar-refractivity contribution in [2.75, 3.05) is 6.61 Å². The lowest BCUT2D eigenvalue weighted by Crippen LogP contribution is -2.78. The number of carbonyl (C=O) groups excluding carboxylic acids is 4. The molecule has 1 saturated heterocycles. The number of aliphatic hydroxyl groups excluding tert-OH is 1. The lowest BCUT2D eigenvalue weighted by molar-refractivity contribution is -0.316. The predicted molar refractivity (Wildman–Crippen MR) is 152 cm³/mol. The van der Waals surface area contributed by atoms with Gasteiger partial charge in [0.15, 0.2) is 0 Å². The smallest absolute Gasteiger partial charge is 0.338 e. The first-order valence-corrected chi connectivity index (χ1v) is 14.5. The molecule has 0 radical (unpaired) electrons. The number of aliphatic hydroxyl groups is 1. The van der Waals surface area contributed by atoms with E-state index in [1.807, 2.05) is 20.8 Å². The van der Waals surface area contributed by atoms with Crippen LogP contribution in [0.25, 0.3) is 0 Å². The van der Waals surface area contributed by atoms with Crippen LogP contribution in [0.5, 0.6) is 0 Å². The van der Waals surface area contributed by atoms with Crippen molar-refractivity contribution in [1.82, 2.24) is 0 Å². The van der Waals surface area contributed by atoms with Crippen LogP contribution in [0.1, 0.15) is 68.2 Å². The second-order valence-electron chi connectivity index (χ2n) is 12.3. The average molecular weight is 595 g/mol. The summed E-state index contributed by atoms with van der Waals surface area (Å²) in [6.07, 6.45) is -4.33. The Kier molecular flexibility index (Phi) is 8.13. The summed E-state index contributed by atoms with van der Waals surface area (Å²) in [6, 6.07) is 16.8. The van der Waals surface area contributed by atoms with E-state index in [4.69, 9.17) is 23.7 Å². The molecule has 10 nitrogen and oxygen atoms in total. The summed E-state index contributed by atoms with van der Waals surface area (Å²) in [6.45, 7) is 7.67. The van der Waals surface area contributed by atoms with Gasteiger partial charge in [-0.15, -0.1) is 0 Å². The number of rotatable bonds is 7. The fraction of sp³-hybridized carbons (Fsp3) is 0.515. The highest BCUT2D eigenvalue weighted by Crippen LogP contribution is 2.67. The molecule has 0 aromatic heterocycles. The van der Waals surface area contributed by atoms with Crippen molar-refractivity contribution < 1.29 is 48.0 Å². The standard InChI is InChI=1S/C33H38O10/c1-19-16-25(41-29(37)22-12-8-6-9-13-22)27(36)32(18-39-20(2)34)26(42-30(38)23-14-10-7-11-15-23)17-24-28(40-21(3)35)33(19,32)43-31(24,4)5/h6-15,19,24-28,36H,16-18H2,1-5H3/t19-,24-,25+,26+,27+,28?,32-,33-/m1/s1. The van der Waals surface area contributed by atoms with Crippen LogP contribution in [0.15, 0.2) is 60.7 Å². The van der Waals surface area contributed by atoms with E-state index in [-0.39, 0.29) is 12.8 Å². The van der Waals surface area contributed by atoms with Crippen molar-refractivity contribution in [3.05, 3.63) is 71.8 Å². The monoisotopic (exact) mass is 594 g/mol. The van der Waals surface area contributed by atoms with Crippen LogP contribution in [0.4, 0.5) is 0 Å². The molecule has 2 aromatic carbocycles. The minimum Gasteiger partial charge on any atom is -0.465 e.